The molecule has 0 radical (unpaired) electrons. The minimum absolute atomic E-state index is 0.0774. The number of ether oxygens (including phenoxy) is 1. The second-order valence-electron chi connectivity index (χ2n) is 4.25. The average Bonchev–Trinajstić information content (AvgIpc) is 2.48. The number of carbonyl (C=O) groups excluding carboxylic acids is 1. The Bertz CT molecular complexity index is 473. The standard InChI is InChI=1S/C13H18N4O2/c1-19-13(18)12-16-9-5-11(17-12)15-8-4-10-2-6-14-7-3-10/h2,5,9,14H,3-4,6-8H2,1H3,(H,15,16,17). The van der Waals surface area contributed by atoms with Gasteiger partial charge >= 0.3 is 5.97 Å². The lowest BCUT2D eigenvalue weighted by Gasteiger charge is -2.14. The number of anilines is 1. The summed E-state index contributed by atoms with van der Waals surface area (Å²) >= 11 is 0. The van der Waals surface area contributed by atoms with Crippen molar-refractivity contribution in [2.45, 2.75) is 12.8 Å². The summed E-state index contributed by atoms with van der Waals surface area (Å²) in [4.78, 5) is 19.3. The van der Waals surface area contributed by atoms with E-state index in [9.17, 15) is 4.79 Å². The predicted molar refractivity (Wildman–Crippen MR) is 72.0 cm³/mol. The molecular weight excluding hydrogens is 244 g/mol. The molecule has 2 rings (SSSR count). The lowest BCUT2D eigenvalue weighted by atomic mass is 10.1. The summed E-state index contributed by atoms with van der Waals surface area (Å²) < 4.78 is 4.58. The zero-order valence-corrected chi connectivity index (χ0v) is 11.0. The van der Waals surface area contributed by atoms with Gasteiger partial charge in [-0.3, -0.25) is 0 Å². The van der Waals surface area contributed by atoms with E-state index in [2.05, 4.69) is 31.4 Å². The number of nitrogens with zero attached hydrogens (tertiary/aromatic N) is 2. The number of hydrogen-bond donors (Lipinski definition) is 2. The fourth-order valence-electron chi connectivity index (χ4n) is 1.89. The van der Waals surface area contributed by atoms with Crippen LogP contribution in [-0.2, 0) is 4.74 Å². The van der Waals surface area contributed by atoms with E-state index in [1.165, 1.54) is 12.7 Å². The van der Waals surface area contributed by atoms with Gasteiger partial charge in [-0.2, -0.15) is 0 Å². The van der Waals surface area contributed by atoms with Crippen LogP contribution in [0.5, 0.6) is 0 Å². The van der Waals surface area contributed by atoms with Gasteiger partial charge in [0, 0.05) is 19.3 Å². The number of aromatic nitrogens is 2. The van der Waals surface area contributed by atoms with Gasteiger partial charge in [0.25, 0.3) is 0 Å². The Balaban J connectivity index is 1.85. The molecule has 0 spiro atoms. The van der Waals surface area contributed by atoms with Crippen LogP contribution >= 0.6 is 0 Å². The van der Waals surface area contributed by atoms with Gasteiger partial charge in [-0.1, -0.05) is 11.6 Å². The topological polar surface area (TPSA) is 76.1 Å². The monoisotopic (exact) mass is 262 g/mol. The molecule has 1 aliphatic heterocycles. The van der Waals surface area contributed by atoms with Crippen LogP contribution in [0.3, 0.4) is 0 Å². The summed E-state index contributed by atoms with van der Waals surface area (Å²) in [5.74, 6) is 0.197. The van der Waals surface area contributed by atoms with Crippen molar-refractivity contribution in [3.8, 4) is 0 Å². The van der Waals surface area contributed by atoms with Gasteiger partial charge in [-0.05, 0) is 25.5 Å². The van der Waals surface area contributed by atoms with E-state index in [1.54, 1.807) is 12.3 Å². The van der Waals surface area contributed by atoms with E-state index >= 15 is 0 Å². The maximum absolute atomic E-state index is 11.3. The third kappa shape index (κ3) is 4.03. The molecule has 0 saturated heterocycles. The second kappa shape index (κ2) is 6.84. The van der Waals surface area contributed by atoms with Crippen molar-refractivity contribution in [3.05, 3.63) is 29.7 Å². The van der Waals surface area contributed by atoms with Crippen LogP contribution in [0.15, 0.2) is 23.9 Å². The summed E-state index contributed by atoms with van der Waals surface area (Å²) in [7, 11) is 1.31. The molecule has 0 saturated carbocycles. The molecule has 0 aromatic carbocycles. The van der Waals surface area contributed by atoms with Gasteiger partial charge in [0.1, 0.15) is 5.82 Å². The molecule has 1 aromatic rings. The van der Waals surface area contributed by atoms with E-state index in [-0.39, 0.29) is 5.82 Å². The van der Waals surface area contributed by atoms with Gasteiger partial charge in [0.15, 0.2) is 0 Å². The SMILES string of the molecule is COC(=O)c1nccc(NCCC2=CCNCC2)n1. The third-order valence-electron chi connectivity index (χ3n) is 2.93. The molecule has 19 heavy (non-hydrogen) atoms. The Morgan fingerprint density at radius 3 is 3.21 bits per heavy atom. The van der Waals surface area contributed by atoms with Gasteiger partial charge in [0.2, 0.25) is 5.82 Å². The van der Waals surface area contributed by atoms with E-state index in [1.807, 2.05) is 0 Å². The van der Waals surface area contributed by atoms with Crippen LogP contribution in [-0.4, -0.2) is 42.7 Å². The molecule has 0 fully saturated rings. The zero-order valence-electron chi connectivity index (χ0n) is 11.0. The highest BCUT2D eigenvalue weighted by Gasteiger charge is 2.09. The van der Waals surface area contributed by atoms with Crippen LogP contribution in [0.25, 0.3) is 0 Å². The van der Waals surface area contributed by atoms with Crippen molar-refractivity contribution < 1.29 is 9.53 Å². The van der Waals surface area contributed by atoms with Gasteiger partial charge in [0.05, 0.1) is 7.11 Å². The van der Waals surface area contributed by atoms with E-state index in [0.29, 0.717) is 5.82 Å². The van der Waals surface area contributed by atoms with E-state index < -0.39 is 5.97 Å². The second-order valence-corrected chi connectivity index (χ2v) is 4.25. The van der Waals surface area contributed by atoms with Gasteiger partial charge < -0.3 is 15.4 Å². The maximum atomic E-state index is 11.3. The Hall–Kier alpha value is -1.95. The molecular formula is C13H18N4O2. The summed E-state index contributed by atoms with van der Waals surface area (Å²) in [5, 5.41) is 6.47. The normalized spacial score (nSPS) is 14.7. The highest BCUT2D eigenvalue weighted by atomic mass is 16.5. The minimum Gasteiger partial charge on any atom is -0.463 e. The van der Waals surface area contributed by atoms with Crippen LogP contribution in [0.4, 0.5) is 5.82 Å². The fourth-order valence-corrected chi connectivity index (χ4v) is 1.89. The number of nitrogens with one attached hydrogen (secondary N) is 2. The van der Waals surface area contributed by atoms with Crippen molar-refractivity contribution in [1.29, 1.82) is 0 Å². The number of hydrogen-bond acceptors (Lipinski definition) is 6. The number of methoxy groups -OCH3 is 1. The molecule has 1 aromatic heterocycles. The van der Waals surface area contributed by atoms with Gasteiger partial charge in [-0.15, -0.1) is 0 Å². The molecule has 0 amide bonds. The number of rotatable bonds is 5. The van der Waals surface area contributed by atoms with Crippen LogP contribution in [0.2, 0.25) is 0 Å². The van der Waals surface area contributed by atoms with Crippen molar-refractivity contribution in [1.82, 2.24) is 15.3 Å². The highest BCUT2D eigenvalue weighted by molar-refractivity contribution is 5.85. The smallest absolute Gasteiger partial charge is 0.376 e. The van der Waals surface area contributed by atoms with Crippen LogP contribution in [0, 0.1) is 0 Å². The Kier molecular flexibility index (Phi) is 4.85. The number of carbonyl (C=O) groups is 1. The first-order valence-corrected chi connectivity index (χ1v) is 6.33. The minimum atomic E-state index is -0.523. The summed E-state index contributed by atoms with van der Waals surface area (Å²) in [6.45, 7) is 2.80. The molecule has 0 bridgehead atoms. The zero-order chi connectivity index (χ0) is 13.5. The van der Waals surface area contributed by atoms with Crippen LogP contribution in [0.1, 0.15) is 23.5 Å². The van der Waals surface area contributed by atoms with Crippen LogP contribution < -0.4 is 10.6 Å². The summed E-state index contributed by atoms with van der Waals surface area (Å²) in [6.07, 6.45) is 5.86. The summed E-state index contributed by atoms with van der Waals surface area (Å²) in [5.41, 5.74) is 1.45. The Labute approximate surface area is 112 Å². The van der Waals surface area contributed by atoms with Crippen molar-refractivity contribution in [3.63, 3.8) is 0 Å². The quantitative estimate of drug-likeness (QED) is 0.608. The predicted octanol–water partition coefficient (Wildman–Crippen LogP) is 0.985. The highest BCUT2D eigenvalue weighted by Crippen LogP contribution is 2.10. The van der Waals surface area contributed by atoms with E-state index in [4.69, 9.17) is 0 Å². The van der Waals surface area contributed by atoms with Crippen molar-refractivity contribution in [2.24, 2.45) is 0 Å². The largest absolute Gasteiger partial charge is 0.463 e. The fraction of sp³-hybridized carbons (Fsp3) is 0.462. The first-order chi connectivity index (χ1) is 9.29. The lowest BCUT2D eigenvalue weighted by molar-refractivity contribution is 0.0587. The Morgan fingerprint density at radius 1 is 1.58 bits per heavy atom. The molecule has 2 heterocycles. The number of esters is 1. The first kappa shape index (κ1) is 13.5. The molecule has 0 aliphatic carbocycles. The first-order valence-electron chi connectivity index (χ1n) is 6.33. The molecule has 6 nitrogen and oxygen atoms in total. The third-order valence-corrected chi connectivity index (χ3v) is 2.93. The molecule has 6 heteroatoms. The molecule has 0 atom stereocenters. The molecule has 2 N–H and O–H groups in total. The molecule has 1 aliphatic rings. The average molecular weight is 262 g/mol. The maximum Gasteiger partial charge on any atom is 0.376 e. The van der Waals surface area contributed by atoms with Crippen molar-refractivity contribution >= 4 is 11.8 Å². The summed E-state index contributed by atoms with van der Waals surface area (Å²) in [6, 6.07) is 1.74. The molecule has 0 unspecified atom stereocenters. The van der Waals surface area contributed by atoms with E-state index in [0.717, 1.165) is 32.5 Å². The Morgan fingerprint density at radius 2 is 2.47 bits per heavy atom. The molecule has 102 valence electrons. The lowest BCUT2D eigenvalue weighted by Crippen LogP contribution is -2.21. The van der Waals surface area contributed by atoms with Gasteiger partial charge in [-0.25, -0.2) is 14.8 Å². The van der Waals surface area contributed by atoms with Crippen molar-refractivity contribution in [2.75, 3.05) is 32.1 Å².